The summed E-state index contributed by atoms with van der Waals surface area (Å²) >= 11 is 16.6. The monoisotopic (exact) mass is 330 g/mol. The van der Waals surface area contributed by atoms with Crippen molar-refractivity contribution >= 4 is 46.1 Å². The lowest BCUT2D eigenvalue weighted by atomic mass is 10.0. The summed E-state index contributed by atoms with van der Waals surface area (Å²) in [7, 11) is 0. The molecule has 0 aromatic heterocycles. The minimum Gasteiger partial charge on any atom is -0.474 e. The Morgan fingerprint density at radius 2 is 1.89 bits per heavy atom. The molecule has 1 aliphatic rings. The Morgan fingerprint density at radius 1 is 1.26 bits per heavy atom. The Kier molecular flexibility index (Phi) is 3.73. The van der Waals surface area contributed by atoms with E-state index in [1.165, 1.54) is 12.1 Å². The first kappa shape index (κ1) is 14.5. The largest absolute Gasteiger partial charge is 0.474 e. The van der Waals surface area contributed by atoms with E-state index in [4.69, 9.17) is 39.5 Å². The fourth-order valence-electron chi connectivity index (χ4n) is 1.64. The highest BCUT2D eigenvalue weighted by atomic mass is 35.5. The number of hydrogen-bond acceptors (Lipinski definition) is 2. The summed E-state index contributed by atoms with van der Waals surface area (Å²) in [5.41, 5.74) is -0.540. The van der Waals surface area contributed by atoms with E-state index in [1.807, 2.05) is 0 Å². The van der Waals surface area contributed by atoms with E-state index in [2.05, 4.69) is 0 Å². The number of benzene rings is 1. The minimum absolute atomic E-state index is 0.0749. The summed E-state index contributed by atoms with van der Waals surface area (Å²) in [6.45, 7) is 0. The number of carbonyl (C=O) groups excluding carboxylic acids is 1. The van der Waals surface area contributed by atoms with Crippen LogP contribution in [0.2, 0.25) is 10.0 Å². The van der Waals surface area contributed by atoms with Crippen molar-refractivity contribution in [3.8, 4) is 5.75 Å². The van der Waals surface area contributed by atoms with Gasteiger partial charge in [-0.15, -0.1) is 0 Å². The Balaban J connectivity index is 2.61. The highest BCUT2D eigenvalue weighted by molar-refractivity contribution is 6.68. The SMILES string of the molecule is O=C(Cl)C1=Cc2cc(Cl)cc(Cl)c2O[C@@H]1C(F)(F)F. The third kappa shape index (κ3) is 2.83. The van der Waals surface area contributed by atoms with Crippen molar-refractivity contribution in [1.29, 1.82) is 0 Å². The first-order valence-corrected chi connectivity index (χ1v) is 5.97. The van der Waals surface area contributed by atoms with E-state index in [9.17, 15) is 18.0 Å². The van der Waals surface area contributed by atoms with Crippen molar-refractivity contribution in [3.05, 3.63) is 33.3 Å². The van der Waals surface area contributed by atoms with Crippen LogP contribution >= 0.6 is 34.8 Å². The molecule has 0 bridgehead atoms. The second kappa shape index (κ2) is 4.89. The molecule has 2 nitrogen and oxygen atoms in total. The van der Waals surface area contributed by atoms with E-state index in [1.54, 1.807) is 0 Å². The molecule has 0 saturated carbocycles. The molecule has 2 rings (SSSR count). The molecule has 8 heteroatoms. The van der Waals surface area contributed by atoms with Crippen molar-refractivity contribution < 1.29 is 22.7 Å². The van der Waals surface area contributed by atoms with Crippen LogP contribution in [0.5, 0.6) is 5.75 Å². The van der Waals surface area contributed by atoms with E-state index in [0.717, 1.165) is 6.08 Å². The molecule has 0 fully saturated rings. The summed E-state index contributed by atoms with van der Waals surface area (Å²) < 4.78 is 43.2. The third-order valence-electron chi connectivity index (χ3n) is 2.39. The highest BCUT2D eigenvalue weighted by Crippen LogP contribution is 2.42. The molecule has 0 unspecified atom stereocenters. The second-order valence-electron chi connectivity index (χ2n) is 3.72. The zero-order valence-electron chi connectivity index (χ0n) is 8.89. The zero-order valence-corrected chi connectivity index (χ0v) is 11.2. The lowest BCUT2D eigenvalue weighted by Gasteiger charge is -2.27. The van der Waals surface area contributed by atoms with Gasteiger partial charge in [0.25, 0.3) is 5.24 Å². The molecular weight excluding hydrogens is 327 g/mol. The van der Waals surface area contributed by atoms with Gasteiger partial charge < -0.3 is 4.74 Å². The van der Waals surface area contributed by atoms with Gasteiger partial charge in [0.05, 0.1) is 10.6 Å². The van der Waals surface area contributed by atoms with Gasteiger partial charge in [-0.05, 0) is 29.8 Å². The summed E-state index contributed by atoms with van der Waals surface area (Å²) in [5, 5.41) is -1.12. The van der Waals surface area contributed by atoms with Crippen LogP contribution in [0.25, 0.3) is 6.08 Å². The van der Waals surface area contributed by atoms with Gasteiger partial charge in [-0.3, -0.25) is 4.79 Å². The summed E-state index contributed by atoms with van der Waals surface area (Å²) in [5.74, 6) is -0.185. The quantitative estimate of drug-likeness (QED) is 0.710. The lowest BCUT2D eigenvalue weighted by Crippen LogP contribution is -2.39. The summed E-state index contributed by atoms with van der Waals surface area (Å²) in [6, 6.07) is 2.58. The maximum absolute atomic E-state index is 12.8. The van der Waals surface area contributed by atoms with Crippen LogP contribution in [0, 0.1) is 0 Å². The molecule has 0 aliphatic carbocycles. The topological polar surface area (TPSA) is 26.3 Å². The van der Waals surface area contributed by atoms with E-state index in [0.29, 0.717) is 0 Å². The lowest BCUT2D eigenvalue weighted by molar-refractivity contribution is -0.184. The predicted octanol–water partition coefficient (Wildman–Crippen LogP) is 4.47. The van der Waals surface area contributed by atoms with Gasteiger partial charge in [0.1, 0.15) is 5.75 Å². The van der Waals surface area contributed by atoms with Gasteiger partial charge in [0.2, 0.25) is 6.10 Å². The third-order valence-corrected chi connectivity index (χ3v) is 3.11. The predicted molar refractivity (Wildman–Crippen MR) is 65.8 cm³/mol. The standard InChI is InChI=1S/C11H4Cl3F3O2/c12-5-1-4-2-6(10(14)18)9(11(15,16)17)19-8(4)7(13)3-5/h1-3,9H/t9-/m0/s1. The smallest absolute Gasteiger partial charge is 0.429 e. The first-order valence-electron chi connectivity index (χ1n) is 4.84. The second-order valence-corrected chi connectivity index (χ2v) is 4.91. The van der Waals surface area contributed by atoms with Crippen molar-refractivity contribution in [2.75, 3.05) is 0 Å². The first-order chi connectivity index (χ1) is 8.70. The van der Waals surface area contributed by atoms with Crippen LogP contribution in [0.3, 0.4) is 0 Å². The number of alkyl halides is 3. The molecule has 1 heterocycles. The Bertz CT molecular complexity index is 581. The van der Waals surface area contributed by atoms with E-state index in [-0.39, 0.29) is 21.4 Å². The summed E-state index contributed by atoms with van der Waals surface area (Å²) in [6.07, 6.45) is -6.25. The fourth-order valence-corrected chi connectivity index (χ4v) is 2.35. The molecule has 0 saturated heterocycles. The fraction of sp³-hybridized carbons (Fsp3) is 0.182. The molecular formula is C11H4Cl3F3O2. The molecule has 1 aliphatic heterocycles. The molecule has 102 valence electrons. The van der Waals surface area contributed by atoms with Gasteiger partial charge in [0.15, 0.2) is 0 Å². The van der Waals surface area contributed by atoms with Crippen LogP contribution in [-0.2, 0) is 4.79 Å². The molecule has 19 heavy (non-hydrogen) atoms. The zero-order chi connectivity index (χ0) is 14.4. The Morgan fingerprint density at radius 3 is 2.42 bits per heavy atom. The van der Waals surface area contributed by atoms with Crippen molar-refractivity contribution in [2.45, 2.75) is 12.3 Å². The van der Waals surface area contributed by atoms with Gasteiger partial charge >= 0.3 is 6.18 Å². The van der Waals surface area contributed by atoms with Gasteiger partial charge in [0, 0.05) is 10.6 Å². The van der Waals surface area contributed by atoms with E-state index < -0.39 is 23.1 Å². The Labute approximate surface area is 120 Å². The molecule has 1 aromatic carbocycles. The number of carbonyl (C=O) groups is 1. The number of ether oxygens (including phenoxy) is 1. The Hall–Kier alpha value is -0.910. The molecule has 0 N–H and O–H groups in total. The maximum atomic E-state index is 12.8. The van der Waals surface area contributed by atoms with Crippen molar-refractivity contribution in [3.63, 3.8) is 0 Å². The van der Waals surface area contributed by atoms with Crippen molar-refractivity contribution in [1.82, 2.24) is 0 Å². The molecule has 0 amide bonds. The van der Waals surface area contributed by atoms with Crippen LogP contribution in [0.15, 0.2) is 17.7 Å². The van der Waals surface area contributed by atoms with Gasteiger partial charge in [-0.1, -0.05) is 23.2 Å². The average Bonchev–Trinajstić information content (AvgIpc) is 2.25. The van der Waals surface area contributed by atoms with Crippen LogP contribution in [0.1, 0.15) is 5.56 Å². The number of rotatable bonds is 1. The van der Waals surface area contributed by atoms with Crippen molar-refractivity contribution in [2.24, 2.45) is 0 Å². The van der Waals surface area contributed by atoms with Gasteiger partial charge in [-0.2, -0.15) is 13.2 Å². The highest BCUT2D eigenvalue weighted by Gasteiger charge is 2.48. The molecule has 0 spiro atoms. The molecule has 1 aromatic rings. The number of hydrogen-bond donors (Lipinski definition) is 0. The van der Waals surface area contributed by atoms with Crippen LogP contribution in [0.4, 0.5) is 13.2 Å². The summed E-state index contributed by atoms with van der Waals surface area (Å²) in [4.78, 5) is 11.1. The van der Waals surface area contributed by atoms with Gasteiger partial charge in [-0.25, -0.2) is 0 Å². The van der Waals surface area contributed by atoms with Crippen LogP contribution in [-0.4, -0.2) is 17.5 Å². The van der Waals surface area contributed by atoms with E-state index >= 15 is 0 Å². The van der Waals surface area contributed by atoms with Crippen LogP contribution < -0.4 is 4.74 Å². The minimum atomic E-state index is -4.78. The normalized spacial score (nSPS) is 18.4. The number of fused-ring (bicyclic) bond motifs is 1. The molecule has 0 radical (unpaired) electrons. The molecule has 1 atom stereocenters. The average molecular weight is 332 g/mol. The maximum Gasteiger partial charge on any atom is 0.429 e. The number of halogens is 6.